The fraction of sp³-hybridized carbons (Fsp3) is 0.286. The van der Waals surface area contributed by atoms with E-state index < -0.39 is 6.04 Å². The first-order chi connectivity index (χ1) is 5.65. The maximum atomic E-state index is 11.1. The van der Waals surface area contributed by atoms with E-state index in [2.05, 4.69) is 5.10 Å². The number of aromatic nitrogens is 2. The van der Waals surface area contributed by atoms with Crippen LogP contribution in [0.15, 0.2) is 12.4 Å². The summed E-state index contributed by atoms with van der Waals surface area (Å²) < 4.78 is 1.07. The summed E-state index contributed by atoms with van der Waals surface area (Å²) in [7, 11) is 0. The molecule has 1 aromatic heterocycles. The van der Waals surface area contributed by atoms with Crippen molar-refractivity contribution in [2.75, 3.05) is 0 Å². The third kappa shape index (κ3) is 1.49. The van der Waals surface area contributed by atoms with E-state index in [4.69, 9.17) is 11.0 Å². The largest absolute Gasteiger partial charge is 0.320 e. The number of hydrogen-bond donors (Lipinski definition) is 1. The van der Waals surface area contributed by atoms with Gasteiger partial charge in [-0.05, 0) is 6.92 Å². The maximum absolute atomic E-state index is 11.1. The van der Waals surface area contributed by atoms with Gasteiger partial charge in [-0.3, -0.25) is 4.79 Å². The van der Waals surface area contributed by atoms with Crippen LogP contribution in [-0.2, 0) is 0 Å². The lowest BCUT2D eigenvalue weighted by Crippen LogP contribution is -2.31. The summed E-state index contributed by atoms with van der Waals surface area (Å²) in [4.78, 5) is 11.1. The molecule has 1 rings (SSSR count). The summed E-state index contributed by atoms with van der Waals surface area (Å²) in [5.41, 5.74) is 5.68. The third-order valence-electron chi connectivity index (χ3n) is 1.33. The van der Waals surface area contributed by atoms with E-state index in [0.717, 1.165) is 4.68 Å². The predicted octanol–water partition coefficient (Wildman–Crippen LogP) is -0.258. The van der Waals surface area contributed by atoms with Crippen molar-refractivity contribution in [1.82, 2.24) is 9.78 Å². The van der Waals surface area contributed by atoms with Crippen LogP contribution in [0, 0.1) is 11.3 Å². The van der Waals surface area contributed by atoms with E-state index in [-0.39, 0.29) is 5.91 Å². The molecule has 1 unspecified atom stereocenters. The minimum absolute atomic E-state index is 0.323. The standard InChI is InChI=1S/C7H8N4O/c1-5(9)7(12)11-4-6(2-8)3-10-11/h3-5H,9H2,1H3. The van der Waals surface area contributed by atoms with Gasteiger partial charge in [0.25, 0.3) is 5.91 Å². The zero-order valence-electron chi connectivity index (χ0n) is 6.56. The van der Waals surface area contributed by atoms with Crippen molar-refractivity contribution in [2.45, 2.75) is 13.0 Å². The lowest BCUT2D eigenvalue weighted by Gasteiger charge is -2.01. The molecule has 0 saturated carbocycles. The molecule has 0 saturated heterocycles. The van der Waals surface area contributed by atoms with Gasteiger partial charge in [0.15, 0.2) is 0 Å². The fourth-order valence-electron chi connectivity index (χ4n) is 0.710. The van der Waals surface area contributed by atoms with Crippen molar-refractivity contribution < 1.29 is 4.79 Å². The van der Waals surface area contributed by atoms with Crippen LogP contribution in [0.1, 0.15) is 17.3 Å². The highest BCUT2D eigenvalue weighted by molar-refractivity contribution is 5.82. The van der Waals surface area contributed by atoms with Gasteiger partial charge in [0.05, 0.1) is 24.0 Å². The van der Waals surface area contributed by atoms with Crippen molar-refractivity contribution in [3.05, 3.63) is 18.0 Å². The molecule has 0 aliphatic heterocycles. The molecule has 0 bridgehead atoms. The molecule has 5 heteroatoms. The van der Waals surface area contributed by atoms with Gasteiger partial charge in [0.2, 0.25) is 0 Å². The van der Waals surface area contributed by atoms with Gasteiger partial charge in [0.1, 0.15) is 6.07 Å². The molecule has 1 atom stereocenters. The maximum Gasteiger partial charge on any atom is 0.263 e. The van der Waals surface area contributed by atoms with E-state index in [1.54, 1.807) is 6.92 Å². The lowest BCUT2D eigenvalue weighted by molar-refractivity contribution is 0.0870. The first kappa shape index (κ1) is 8.43. The second-order valence-electron chi connectivity index (χ2n) is 2.41. The van der Waals surface area contributed by atoms with Gasteiger partial charge in [0, 0.05) is 0 Å². The Hall–Kier alpha value is -1.67. The second-order valence-corrected chi connectivity index (χ2v) is 2.41. The van der Waals surface area contributed by atoms with Crippen molar-refractivity contribution in [3.8, 4) is 6.07 Å². The monoisotopic (exact) mass is 164 g/mol. The van der Waals surface area contributed by atoms with Gasteiger partial charge < -0.3 is 5.73 Å². The SMILES string of the molecule is CC(N)C(=O)n1cc(C#N)cn1. The van der Waals surface area contributed by atoms with Crippen LogP contribution in [0.2, 0.25) is 0 Å². The molecule has 0 aliphatic rings. The Labute approximate surface area is 69.4 Å². The Bertz CT molecular complexity index is 333. The Kier molecular flexibility index (Phi) is 2.21. The van der Waals surface area contributed by atoms with Crippen LogP contribution in [0.3, 0.4) is 0 Å². The lowest BCUT2D eigenvalue weighted by atomic mass is 10.3. The van der Waals surface area contributed by atoms with Crippen molar-refractivity contribution in [3.63, 3.8) is 0 Å². The first-order valence-corrected chi connectivity index (χ1v) is 3.39. The van der Waals surface area contributed by atoms with Crippen LogP contribution in [0.4, 0.5) is 0 Å². The Morgan fingerprint density at radius 1 is 1.92 bits per heavy atom. The summed E-state index contributed by atoms with van der Waals surface area (Å²) in [6, 6.07) is 1.26. The van der Waals surface area contributed by atoms with Gasteiger partial charge in [-0.2, -0.15) is 10.4 Å². The predicted molar refractivity (Wildman–Crippen MR) is 41.2 cm³/mol. The molecule has 12 heavy (non-hydrogen) atoms. The average molecular weight is 164 g/mol. The normalized spacial score (nSPS) is 12.1. The van der Waals surface area contributed by atoms with Gasteiger partial charge in [-0.1, -0.05) is 0 Å². The highest BCUT2D eigenvalue weighted by Gasteiger charge is 2.10. The summed E-state index contributed by atoms with van der Waals surface area (Å²) in [6.45, 7) is 1.57. The summed E-state index contributed by atoms with van der Waals surface area (Å²) >= 11 is 0. The third-order valence-corrected chi connectivity index (χ3v) is 1.33. The van der Waals surface area contributed by atoms with Crippen LogP contribution in [-0.4, -0.2) is 21.7 Å². The highest BCUT2D eigenvalue weighted by atomic mass is 16.2. The number of nitriles is 1. The number of carbonyl (C=O) groups excluding carboxylic acids is 1. The van der Waals surface area contributed by atoms with Gasteiger partial charge >= 0.3 is 0 Å². The van der Waals surface area contributed by atoms with E-state index in [1.165, 1.54) is 12.4 Å². The quantitative estimate of drug-likeness (QED) is 0.619. The number of nitrogens with zero attached hydrogens (tertiary/aromatic N) is 3. The molecule has 1 heterocycles. The Morgan fingerprint density at radius 3 is 3.00 bits per heavy atom. The molecule has 62 valence electrons. The molecule has 0 radical (unpaired) electrons. The van der Waals surface area contributed by atoms with Crippen LogP contribution < -0.4 is 5.73 Å². The molecule has 5 nitrogen and oxygen atoms in total. The van der Waals surface area contributed by atoms with Crippen LogP contribution in [0.5, 0.6) is 0 Å². The van der Waals surface area contributed by atoms with Crippen molar-refractivity contribution in [2.24, 2.45) is 5.73 Å². The number of nitrogens with two attached hydrogens (primary N) is 1. The topological polar surface area (TPSA) is 84.7 Å². The molecular weight excluding hydrogens is 156 g/mol. The van der Waals surface area contributed by atoms with E-state index in [1.807, 2.05) is 6.07 Å². The molecule has 0 amide bonds. The molecule has 2 N–H and O–H groups in total. The minimum atomic E-state index is -0.601. The Morgan fingerprint density at radius 2 is 2.58 bits per heavy atom. The van der Waals surface area contributed by atoms with E-state index in [9.17, 15) is 4.79 Å². The molecule has 1 aromatic rings. The van der Waals surface area contributed by atoms with Crippen LogP contribution in [0.25, 0.3) is 0 Å². The fourth-order valence-corrected chi connectivity index (χ4v) is 0.710. The Balaban J connectivity index is 2.91. The molecule has 0 fully saturated rings. The number of hydrogen-bond acceptors (Lipinski definition) is 4. The van der Waals surface area contributed by atoms with Gasteiger partial charge in [-0.25, -0.2) is 4.68 Å². The van der Waals surface area contributed by atoms with Crippen molar-refractivity contribution >= 4 is 5.91 Å². The number of carbonyl (C=O) groups is 1. The molecule has 0 aromatic carbocycles. The van der Waals surface area contributed by atoms with E-state index >= 15 is 0 Å². The first-order valence-electron chi connectivity index (χ1n) is 3.39. The second kappa shape index (κ2) is 3.15. The molecule has 0 aliphatic carbocycles. The van der Waals surface area contributed by atoms with Gasteiger partial charge in [-0.15, -0.1) is 0 Å². The minimum Gasteiger partial charge on any atom is -0.320 e. The summed E-state index contributed by atoms with van der Waals surface area (Å²) in [5.74, 6) is -0.323. The summed E-state index contributed by atoms with van der Waals surface area (Å²) in [6.07, 6.45) is 2.67. The molecular formula is C7H8N4O. The zero-order chi connectivity index (χ0) is 9.14. The number of rotatable bonds is 1. The average Bonchev–Trinajstić information content (AvgIpc) is 2.50. The van der Waals surface area contributed by atoms with Crippen molar-refractivity contribution in [1.29, 1.82) is 5.26 Å². The molecule has 0 spiro atoms. The van der Waals surface area contributed by atoms with E-state index in [0.29, 0.717) is 5.56 Å². The summed E-state index contributed by atoms with van der Waals surface area (Å²) in [5, 5.41) is 12.1. The zero-order valence-corrected chi connectivity index (χ0v) is 6.56. The highest BCUT2D eigenvalue weighted by Crippen LogP contribution is 1.95. The van der Waals surface area contributed by atoms with Crippen LogP contribution >= 0.6 is 0 Å². The smallest absolute Gasteiger partial charge is 0.263 e.